The number of rotatable bonds is 1. The molecule has 0 aliphatic rings. The normalized spacial score (nSPS) is 10.5. The highest BCUT2D eigenvalue weighted by molar-refractivity contribution is 9.10. The average molecular weight is 341 g/mol. The summed E-state index contributed by atoms with van der Waals surface area (Å²) in [6.45, 7) is 0. The Labute approximate surface area is 128 Å². The zero-order valence-corrected chi connectivity index (χ0v) is 12.3. The van der Waals surface area contributed by atoms with E-state index in [1.807, 2.05) is 0 Å². The zero-order valence-electron chi connectivity index (χ0n) is 10.8. The molecular formula is C16H9BrN2O2. The maximum absolute atomic E-state index is 12.3. The van der Waals surface area contributed by atoms with E-state index in [4.69, 9.17) is 6.42 Å². The van der Waals surface area contributed by atoms with Crippen molar-refractivity contribution >= 4 is 26.8 Å². The smallest absolute Gasteiger partial charge is 0.273 e. The third-order valence-corrected chi connectivity index (χ3v) is 3.66. The average Bonchev–Trinajstić information content (AvgIpc) is 2.47. The fourth-order valence-electron chi connectivity index (χ4n) is 2.24. The molecule has 4 nitrogen and oxygen atoms in total. The minimum Gasteiger partial charge on any atom is -0.273 e. The number of fused-ring (bicyclic) bond motifs is 1. The topological polar surface area (TPSA) is 54.9 Å². The molecule has 0 saturated heterocycles. The van der Waals surface area contributed by atoms with Gasteiger partial charge in [-0.3, -0.25) is 14.3 Å². The molecule has 3 aromatic rings. The molecule has 0 saturated carbocycles. The molecular weight excluding hydrogens is 332 g/mol. The van der Waals surface area contributed by atoms with Crippen molar-refractivity contribution < 1.29 is 0 Å². The van der Waals surface area contributed by atoms with Crippen molar-refractivity contribution in [3.05, 3.63) is 73.3 Å². The first-order valence-corrected chi connectivity index (χ1v) is 6.92. The number of nitrogens with one attached hydrogen (secondary N) is 1. The molecule has 0 fully saturated rings. The number of terminal acetylenes is 1. The first-order chi connectivity index (χ1) is 10.1. The summed E-state index contributed by atoms with van der Waals surface area (Å²) in [4.78, 5) is 26.5. The molecule has 1 N–H and O–H groups in total. The third-order valence-electron chi connectivity index (χ3n) is 3.17. The lowest BCUT2D eigenvalue weighted by Crippen LogP contribution is -2.29. The van der Waals surface area contributed by atoms with E-state index in [1.165, 1.54) is 4.57 Å². The first-order valence-electron chi connectivity index (χ1n) is 6.12. The quantitative estimate of drug-likeness (QED) is 0.691. The number of benzene rings is 2. The Morgan fingerprint density at radius 2 is 1.90 bits per heavy atom. The van der Waals surface area contributed by atoms with Crippen LogP contribution in [0.15, 0.2) is 56.5 Å². The third kappa shape index (κ3) is 2.20. The van der Waals surface area contributed by atoms with Crippen molar-refractivity contribution in [3.8, 4) is 18.0 Å². The van der Waals surface area contributed by atoms with Crippen LogP contribution >= 0.6 is 15.9 Å². The molecule has 3 rings (SSSR count). The molecule has 21 heavy (non-hydrogen) atoms. The summed E-state index contributed by atoms with van der Waals surface area (Å²) in [5.41, 5.74) is 0.698. The van der Waals surface area contributed by atoms with Gasteiger partial charge in [-0.05, 0) is 30.3 Å². The number of aromatic nitrogens is 2. The van der Waals surface area contributed by atoms with Gasteiger partial charge in [0.05, 0.1) is 16.6 Å². The second-order valence-corrected chi connectivity index (χ2v) is 5.33. The highest BCUT2D eigenvalue weighted by Crippen LogP contribution is 2.20. The highest BCUT2D eigenvalue weighted by atomic mass is 79.9. The predicted octanol–water partition coefficient (Wildman–Crippen LogP) is 2.42. The van der Waals surface area contributed by atoms with Crippen LogP contribution in [-0.2, 0) is 0 Å². The highest BCUT2D eigenvalue weighted by Gasteiger charge is 2.11. The molecule has 0 atom stereocenters. The Bertz CT molecular complexity index is 1010. The fourth-order valence-corrected chi connectivity index (χ4v) is 2.59. The molecule has 0 aliphatic heterocycles. The lowest BCUT2D eigenvalue weighted by molar-refractivity contribution is 0.940. The maximum Gasteiger partial charge on any atom is 0.333 e. The van der Waals surface area contributed by atoms with Gasteiger partial charge in [-0.25, -0.2) is 4.79 Å². The molecule has 102 valence electrons. The Morgan fingerprint density at radius 3 is 2.67 bits per heavy atom. The van der Waals surface area contributed by atoms with Crippen LogP contribution in [0.4, 0.5) is 0 Å². The number of para-hydroxylation sites is 1. The van der Waals surface area contributed by atoms with Crippen LogP contribution in [0.1, 0.15) is 5.56 Å². The van der Waals surface area contributed by atoms with Gasteiger partial charge in [0.1, 0.15) is 0 Å². The summed E-state index contributed by atoms with van der Waals surface area (Å²) in [5, 5.41) is 0.421. The van der Waals surface area contributed by atoms with Gasteiger partial charge in [0.15, 0.2) is 0 Å². The molecule has 1 heterocycles. The van der Waals surface area contributed by atoms with Crippen molar-refractivity contribution in [1.82, 2.24) is 9.55 Å². The van der Waals surface area contributed by atoms with Gasteiger partial charge in [-0.15, -0.1) is 6.42 Å². The van der Waals surface area contributed by atoms with E-state index >= 15 is 0 Å². The Balaban J connectivity index is 2.54. The number of hydrogen-bond acceptors (Lipinski definition) is 2. The number of hydrogen-bond donors (Lipinski definition) is 1. The Kier molecular flexibility index (Phi) is 3.24. The van der Waals surface area contributed by atoms with Crippen LogP contribution in [0.25, 0.3) is 16.6 Å². The van der Waals surface area contributed by atoms with Gasteiger partial charge in [-0.2, -0.15) is 0 Å². The molecule has 0 radical (unpaired) electrons. The van der Waals surface area contributed by atoms with Gasteiger partial charge in [0, 0.05) is 10.0 Å². The molecule has 0 amide bonds. The molecule has 1 aromatic heterocycles. The molecule has 0 bridgehead atoms. The van der Waals surface area contributed by atoms with Gasteiger partial charge >= 0.3 is 5.69 Å². The largest absolute Gasteiger partial charge is 0.333 e. The maximum atomic E-state index is 12.3. The molecule has 0 spiro atoms. The van der Waals surface area contributed by atoms with Gasteiger partial charge in [-0.1, -0.05) is 34.0 Å². The van der Waals surface area contributed by atoms with Gasteiger partial charge in [0.25, 0.3) is 5.56 Å². The number of H-pyrrole nitrogens is 1. The predicted molar refractivity (Wildman–Crippen MR) is 85.8 cm³/mol. The molecule has 0 aliphatic carbocycles. The fraction of sp³-hybridized carbons (Fsp3) is 0. The van der Waals surface area contributed by atoms with Gasteiger partial charge in [0.2, 0.25) is 0 Å². The summed E-state index contributed by atoms with van der Waals surface area (Å²) in [6.07, 6.45) is 5.50. The lowest BCUT2D eigenvalue weighted by atomic mass is 10.1. The summed E-state index contributed by atoms with van der Waals surface area (Å²) in [7, 11) is 0. The van der Waals surface area contributed by atoms with Crippen molar-refractivity contribution in [2.75, 3.05) is 0 Å². The van der Waals surface area contributed by atoms with E-state index < -0.39 is 11.2 Å². The van der Waals surface area contributed by atoms with Crippen molar-refractivity contribution in [1.29, 1.82) is 0 Å². The van der Waals surface area contributed by atoms with E-state index in [0.717, 1.165) is 4.47 Å². The van der Waals surface area contributed by atoms with E-state index in [0.29, 0.717) is 22.2 Å². The van der Waals surface area contributed by atoms with Crippen LogP contribution in [0.5, 0.6) is 0 Å². The van der Waals surface area contributed by atoms with Crippen molar-refractivity contribution in [3.63, 3.8) is 0 Å². The number of aromatic amines is 1. The van der Waals surface area contributed by atoms with Crippen LogP contribution < -0.4 is 11.2 Å². The summed E-state index contributed by atoms with van der Waals surface area (Å²) in [5.74, 6) is 2.55. The van der Waals surface area contributed by atoms with Crippen LogP contribution in [0.2, 0.25) is 0 Å². The van der Waals surface area contributed by atoms with Crippen molar-refractivity contribution in [2.45, 2.75) is 0 Å². The molecule has 2 aromatic carbocycles. The number of halogens is 1. The first kappa shape index (κ1) is 13.4. The van der Waals surface area contributed by atoms with Crippen LogP contribution in [0.3, 0.4) is 0 Å². The van der Waals surface area contributed by atoms with E-state index in [2.05, 4.69) is 26.8 Å². The van der Waals surface area contributed by atoms with Gasteiger partial charge < -0.3 is 0 Å². The standard InChI is InChI=1S/C16H9BrN2O2/c1-2-10-5-3-4-6-13(10)19-14-9-11(17)7-8-12(14)15(20)18-16(19)21/h1,3-9H,(H,18,20,21). The van der Waals surface area contributed by atoms with E-state index in [-0.39, 0.29) is 0 Å². The Hall–Kier alpha value is -2.58. The minimum atomic E-state index is -0.520. The minimum absolute atomic E-state index is 0.420. The van der Waals surface area contributed by atoms with E-state index in [9.17, 15) is 9.59 Å². The second kappa shape index (κ2) is 5.08. The summed E-state index contributed by atoms with van der Waals surface area (Å²) >= 11 is 3.36. The van der Waals surface area contributed by atoms with E-state index in [1.54, 1.807) is 42.5 Å². The summed E-state index contributed by atoms with van der Waals surface area (Å²) in [6, 6.07) is 12.2. The van der Waals surface area contributed by atoms with Crippen molar-refractivity contribution in [2.24, 2.45) is 0 Å². The molecule has 5 heteroatoms. The second-order valence-electron chi connectivity index (χ2n) is 4.42. The molecule has 0 unspecified atom stereocenters. The monoisotopic (exact) mass is 340 g/mol. The summed E-state index contributed by atoms with van der Waals surface area (Å²) < 4.78 is 2.18. The van der Waals surface area contributed by atoms with Crippen LogP contribution in [-0.4, -0.2) is 9.55 Å². The Morgan fingerprint density at radius 1 is 1.14 bits per heavy atom. The van der Waals surface area contributed by atoms with Crippen LogP contribution in [0, 0.1) is 12.3 Å². The zero-order chi connectivity index (χ0) is 15.0. The SMILES string of the molecule is C#Cc1ccccc1-n1c(=O)[nH]c(=O)c2ccc(Br)cc21. The number of nitrogens with zero attached hydrogens (tertiary/aromatic N) is 1. The lowest BCUT2D eigenvalue weighted by Gasteiger charge is -2.11.